The van der Waals surface area contributed by atoms with Crippen LogP contribution in [0.15, 0.2) is 23.1 Å². The number of aryl methyl sites for hydroxylation is 2. The largest absolute Gasteiger partial charge is 0.313 e. The quantitative estimate of drug-likeness (QED) is 0.916. The maximum atomic E-state index is 12.8. The Morgan fingerprint density at radius 2 is 1.90 bits per heavy atom. The highest BCUT2D eigenvalue weighted by Gasteiger charge is 2.33. The first kappa shape index (κ1) is 14.0. The fourth-order valence-electron chi connectivity index (χ4n) is 3.11. The molecule has 1 aromatic carbocycles. The Bertz CT molecular complexity index is 594. The van der Waals surface area contributed by atoms with Crippen LogP contribution in [0, 0.1) is 0 Å². The minimum absolute atomic E-state index is 0.112. The number of sulfonamides is 1. The van der Waals surface area contributed by atoms with Crippen LogP contribution in [0.1, 0.15) is 30.9 Å². The van der Waals surface area contributed by atoms with Crippen molar-refractivity contribution in [3.63, 3.8) is 0 Å². The summed E-state index contributed by atoms with van der Waals surface area (Å²) in [5.41, 5.74) is 2.55. The summed E-state index contributed by atoms with van der Waals surface area (Å²) in [7, 11) is -3.35. The molecule has 1 aromatic rings. The van der Waals surface area contributed by atoms with Gasteiger partial charge in [0.1, 0.15) is 0 Å². The fraction of sp³-hybridized carbons (Fsp3) is 0.600. The molecule has 0 saturated carbocycles. The molecule has 0 spiro atoms. The van der Waals surface area contributed by atoms with E-state index in [-0.39, 0.29) is 6.04 Å². The first-order valence-corrected chi connectivity index (χ1v) is 8.91. The molecule has 1 aliphatic heterocycles. The molecule has 1 saturated heterocycles. The van der Waals surface area contributed by atoms with Gasteiger partial charge in [-0.1, -0.05) is 13.0 Å². The lowest BCUT2D eigenvalue weighted by molar-refractivity contribution is 0.249. The van der Waals surface area contributed by atoms with E-state index >= 15 is 0 Å². The maximum Gasteiger partial charge on any atom is 0.243 e. The van der Waals surface area contributed by atoms with Crippen LogP contribution in [0.5, 0.6) is 0 Å². The number of fused-ring (bicyclic) bond motifs is 1. The van der Waals surface area contributed by atoms with E-state index in [1.165, 1.54) is 24.0 Å². The van der Waals surface area contributed by atoms with E-state index in [0.29, 0.717) is 11.4 Å². The van der Waals surface area contributed by atoms with Gasteiger partial charge in [-0.15, -0.1) is 0 Å². The second-order valence-corrected chi connectivity index (χ2v) is 7.55. The van der Waals surface area contributed by atoms with Crippen molar-refractivity contribution in [2.24, 2.45) is 0 Å². The molecule has 0 atom stereocenters. The number of benzene rings is 1. The minimum atomic E-state index is -3.35. The van der Waals surface area contributed by atoms with Crippen LogP contribution in [0.25, 0.3) is 0 Å². The third-order valence-electron chi connectivity index (χ3n) is 4.41. The molecular weight excluding hydrogens is 272 g/mol. The second-order valence-electron chi connectivity index (χ2n) is 5.66. The van der Waals surface area contributed by atoms with Crippen molar-refractivity contribution in [1.82, 2.24) is 9.62 Å². The van der Waals surface area contributed by atoms with Crippen LogP contribution < -0.4 is 5.32 Å². The average Bonchev–Trinajstić information content (AvgIpc) is 2.41. The van der Waals surface area contributed by atoms with E-state index in [4.69, 9.17) is 0 Å². The SMILES string of the molecule is CCN(C1CNC1)S(=O)(=O)c1ccc2c(c1)CCCC2. The van der Waals surface area contributed by atoms with Crippen molar-refractivity contribution < 1.29 is 8.42 Å². The summed E-state index contributed by atoms with van der Waals surface area (Å²) in [6.07, 6.45) is 4.48. The Morgan fingerprint density at radius 3 is 2.50 bits per heavy atom. The Balaban J connectivity index is 1.93. The van der Waals surface area contributed by atoms with E-state index in [1.807, 2.05) is 19.1 Å². The molecule has 0 aromatic heterocycles. The van der Waals surface area contributed by atoms with Gasteiger partial charge in [0.2, 0.25) is 10.0 Å². The van der Waals surface area contributed by atoms with Gasteiger partial charge in [0.25, 0.3) is 0 Å². The molecule has 1 N–H and O–H groups in total. The van der Waals surface area contributed by atoms with Gasteiger partial charge in [-0.3, -0.25) is 0 Å². The summed E-state index contributed by atoms with van der Waals surface area (Å²) in [6, 6.07) is 5.81. The molecule has 0 unspecified atom stereocenters. The zero-order valence-corrected chi connectivity index (χ0v) is 12.7. The van der Waals surface area contributed by atoms with Gasteiger partial charge < -0.3 is 5.32 Å². The lowest BCUT2D eigenvalue weighted by Crippen LogP contribution is -2.58. The smallest absolute Gasteiger partial charge is 0.243 e. The van der Waals surface area contributed by atoms with Crippen molar-refractivity contribution in [3.8, 4) is 0 Å². The molecule has 5 heteroatoms. The molecule has 20 heavy (non-hydrogen) atoms. The van der Waals surface area contributed by atoms with Crippen LogP contribution in [0.4, 0.5) is 0 Å². The van der Waals surface area contributed by atoms with Crippen LogP contribution in [0.3, 0.4) is 0 Å². The van der Waals surface area contributed by atoms with E-state index in [0.717, 1.165) is 25.9 Å². The summed E-state index contributed by atoms with van der Waals surface area (Å²) in [4.78, 5) is 0.465. The van der Waals surface area contributed by atoms with Crippen LogP contribution in [0.2, 0.25) is 0 Å². The molecule has 1 aliphatic carbocycles. The van der Waals surface area contributed by atoms with Crippen LogP contribution in [-0.4, -0.2) is 38.4 Å². The Hall–Kier alpha value is -0.910. The Morgan fingerprint density at radius 1 is 1.20 bits per heavy atom. The van der Waals surface area contributed by atoms with Gasteiger partial charge in [0.05, 0.1) is 4.90 Å². The van der Waals surface area contributed by atoms with E-state index < -0.39 is 10.0 Å². The fourth-order valence-corrected chi connectivity index (χ4v) is 4.79. The first-order chi connectivity index (χ1) is 9.63. The predicted octanol–water partition coefficient (Wildman–Crippen LogP) is 1.55. The second kappa shape index (κ2) is 5.47. The van der Waals surface area contributed by atoms with Crippen LogP contribution >= 0.6 is 0 Å². The predicted molar refractivity (Wildman–Crippen MR) is 79.3 cm³/mol. The lowest BCUT2D eigenvalue weighted by atomic mass is 9.92. The zero-order valence-electron chi connectivity index (χ0n) is 11.9. The van der Waals surface area contributed by atoms with Crippen molar-refractivity contribution in [1.29, 1.82) is 0 Å². The number of rotatable bonds is 4. The summed E-state index contributed by atoms with van der Waals surface area (Å²) < 4.78 is 27.2. The lowest BCUT2D eigenvalue weighted by Gasteiger charge is -2.36. The number of nitrogens with zero attached hydrogens (tertiary/aromatic N) is 1. The van der Waals surface area contributed by atoms with Gasteiger partial charge in [-0.2, -0.15) is 4.31 Å². The molecule has 1 heterocycles. The summed E-state index contributed by atoms with van der Waals surface area (Å²) in [5, 5.41) is 3.14. The van der Waals surface area contributed by atoms with Crippen molar-refractivity contribution in [3.05, 3.63) is 29.3 Å². The number of hydrogen-bond donors (Lipinski definition) is 1. The standard InChI is InChI=1S/C15H22N2O2S/c1-2-17(14-10-16-11-14)20(18,19)15-8-7-12-5-3-4-6-13(12)9-15/h7-9,14,16H,2-6,10-11H2,1H3. The van der Waals surface area contributed by atoms with Gasteiger partial charge >= 0.3 is 0 Å². The first-order valence-electron chi connectivity index (χ1n) is 7.47. The zero-order chi connectivity index (χ0) is 14.2. The number of likely N-dealkylation sites (N-methyl/N-ethyl adjacent to an activating group) is 1. The van der Waals surface area contributed by atoms with Crippen molar-refractivity contribution in [2.75, 3.05) is 19.6 Å². The molecule has 4 nitrogen and oxygen atoms in total. The topological polar surface area (TPSA) is 49.4 Å². The average molecular weight is 294 g/mol. The van der Waals surface area contributed by atoms with Crippen molar-refractivity contribution >= 4 is 10.0 Å². The van der Waals surface area contributed by atoms with Crippen molar-refractivity contribution in [2.45, 2.75) is 43.5 Å². The summed E-state index contributed by atoms with van der Waals surface area (Å²) in [5.74, 6) is 0. The highest BCUT2D eigenvalue weighted by molar-refractivity contribution is 7.89. The molecular formula is C15H22N2O2S. The maximum absolute atomic E-state index is 12.8. The van der Waals surface area contributed by atoms with Crippen LogP contribution in [-0.2, 0) is 22.9 Å². The highest BCUT2D eigenvalue weighted by Crippen LogP contribution is 2.26. The van der Waals surface area contributed by atoms with Gasteiger partial charge in [-0.05, 0) is 48.9 Å². The molecule has 0 amide bonds. The van der Waals surface area contributed by atoms with Gasteiger partial charge in [0.15, 0.2) is 0 Å². The van der Waals surface area contributed by atoms with E-state index in [1.54, 1.807) is 10.4 Å². The van der Waals surface area contributed by atoms with Gasteiger partial charge in [-0.25, -0.2) is 8.42 Å². The monoisotopic (exact) mass is 294 g/mol. The molecule has 0 bridgehead atoms. The molecule has 3 rings (SSSR count). The minimum Gasteiger partial charge on any atom is -0.313 e. The Labute approximate surface area is 121 Å². The molecule has 0 radical (unpaired) electrons. The summed E-state index contributed by atoms with van der Waals surface area (Å²) >= 11 is 0. The number of nitrogens with one attached hydrogen (secondary N) is 1. The van der Waals surface area contributed by atoms with E-state index in [2.05, 4.69) is 5.32 Å². The summed E-state index contributed by atoms with van der Waals surface area (Å²) in [6.45, 7) is 3.97. The third-order valence-corrected chi connectivity index (χ3v) is 6.43. The van der Waals surface area contributed by atoms with E-state index in [9.17, 15) is 8.42 Å². The molecule has 1 fully saturated rings. The molecule has 2 aliphatic rings. The normalized spacial score (nSPS) is 19.7. The van der Waals surface area contributed by atoms with Gasteiger partial charge in [0, 0.05) is 25.7 Å². The Kier molecular flexibility index (Phi) is 3.84. The highest BCUT2D eigenvalue weighted by atomic mass is 32.2. The molecule has 110 valence electrons. The number of hydrogen-bond acceptors (Lipinski definition) is 3. The third kappa shape index (κ3) is 2.38.